The van der Waals surface area contributed by atoms with Crippen molar-refractivity contribution in [3.8, 4) is 0 Å². The van der Waals surface area contributed by atoms with E-state index >= 15 is 0 Å². The molecule has 19 heavy (non-hydrogen) atoms. The van der Waals surface area contributed by atoms with Gasteiger partial charge in [0.05, 0.1) is 6.10 Å². The van der Waals surface area contributed by atoms with Crippen LogP contribution in [-0.2, 0) is 11.3 Å². The van der Waals surface area contributed by atoms with E-state index in [1.807, 2.05) is 30.3 Å². The predicted molar refractivity (Wildman–Crippen MR) is 71.4 cm³/mol. The molecule has 0 bridgehead atoms. The standard InChI is InChI=1S/C14H20N2O3/c15-12-9-16(8-4-7-13(12)17)14(18)19-10-11-5-2-1-3-6-11/h1-3,5-6,12-13,17H,4,7-10,15H2. The van der Waals surface area contributed by atoms with Crippen molar-refractivity contribution in [2.24, 2.45) is 5.73 Å². The fraction of sp³-hybridized carbons (Fsp3) is 0.500. The summed E-state index contributed by atoms with van der Waals surface area (Å²) in [5, 5.41) is 9.66. The Morgan fingerprint density at radius 3 is 2.89 bits per heavy atom. The second kappa shape index (κ2) is 6.54. The highest BCUT2D eigenvalue weighted by Crippen LogP contribution is 2.12. The fourth-order valence-corrected chi connectivity index (χ4v) is 2.15. The molecule has 1 amide bonds. The highest BCUT2D eigenvalue weighted by molar-refractivity contribution is 5.67. The molecule has 0 saturated carbocycles. The smallest absolute Gasteiger partial charge is 0.410 e. The van der Waals surface area contributed by atoms with Crippen molar-refractivity contribution >= 4 is 6.09 Å². The number of carbonyl (C=O) groups excluding carboxylic acids is 1. The molecule has 0 spiro atoms. The van der Waals surface area contributed by atoms with Crippen LogP contribution in [0.2, 0.25) is 0 Å². The largest absolute Gasteiger partial charge is 0.445 e. The Labute approximate surface area is 113 Å². The van der Waals surface area contributed by atoms with Crippen molar-refractivity contribution in [2.45, 2.75) is 31.6 Å². The average molecular weight is 264 g/mol. The molecule has 0 aliphatic carbocycles. The normalized spacial score (nSPS) is 23.8. The third kappa shape index (κ3) is 3.94. The van der Waals surface area contributed by atoms with E-state index in [4.69, 9.17) is 10.5 Å². The lowest BCUT2D eigenvalue weighted by Gasteiger charge is -2.23. The first-order valence-electron chi connectivity index (χ1n) is 6.56. The van der Waals surface area contributed by atoms with Gasteiger partial charge in [0, 0.05) is 19.1 Å². The number of ether oxygens (including phenoxy) is 1. The van der Waals surface area contributed by atoms with E-state index in [1.54, 1.807) is 4.90 Å². The van der Waals surface area contributed by atoms with Gasteiger partial charge in [-0.3, -0.25) is 0 Å². The molecule has 2 rings (SSSR count). The molecule has 1 saturated heterocycles. The number of aliphatic hydroxyl groups is 1. The molecule has 1 heterocycles. The first kappa shape index (κ1) is 13.8. The zero-order valence-corrected chi connectivity index (χ0v) is 10.9. The van der Waals surface area contributed by atoms with Crippen LogP contribution in [0.1, 0.15) is 18.4 Å². The summed E-state index contributed by atoms with van der Waals surface area (Å²) in [6, 6.07) is 9.14. The van der Waals surface area contributed by atoms with Gasteiger partial charge in [0.15, 0.2) is 0 Å². The molecule has 1 aliphatic rings. The number of nitrogens with zero attached hydrogens (tertiary/aromatic N) is 1. The number of likely N-dealkylation sites (tertiary alicyclic amines) is 1. The van der Waals surface area contributed by atoms with E-state index in [-0.39, 0.29) is 12.7 Å². The van der Waals surface area contributed by atoms with Crippen LogP contribution in [0.15, 0.2) is 30.3 Å². The molecule has 1 aromatic carbocycles. The summed E-state index contributed by atoms with van der Waals surface area (Å²) in [6.07, 6.45) is 0.471. The zero-order valence-electron chi connectivity index (χ0n) is 10.9. The Kier molecular flexibility index (Phi) is 4.76. The Morgan fingerprint density at radius 1 is 1.42 bits per heavy atom. The van der Waals surface area contributed by atoms with Gasteiger partial charge >= 0.3 is 6.09 Å². The Hall–Kier alpha value is -1.59. The summed E-state index contributed by atoms with van der Waals surface area (Å²) in [7, 11) is 0. The molecule has 1 aromatic rings. The van der Waals surface area contributed by atoms with Gasteiger partial charge in [0.1, 0.15) is 6.61 Å². The number of carbonyl (C=O) groups is 1. The van der Waals surface area contributed by atoms with Gasteiger partial charge in [0.2, 0.25) is 0 Å². The van der Waals surface area contributed by atoms with Crippen LogP contribution in [0, 0.1) is 0 Å². The van der Waals surface area contributed by atoms with E-state index in [0.29, 0.717) is 19.5 Å². The second-order valence-corrected chi connectivity index (χ2v) is 4.86. The third-order valence-corrected chi connectivity index (χ3v) is 3.32. The summed E-state index contributed by atoms with van der Waals surface area (Å²) < 4.78 is 5.26. The van der Waals surface area contributed by atoms with Crippen molar-refractivity contribution in [2.75, 3.05) is 13.1 Å². The SMILES string of the molecule is NC1CN(C(=O)OCc2ccccc2)CCCC1O. The molecule has 1 fully saturated rings. The Bertz CT molecular complexity index is 410. The first-order chi connectivity index (χ1) is 9.16. The summed E-state index contributed by atoms with van der Waals surface area (Å²) in [4.78, 5) is 13.5. The summed E-state index contributed by atoms with van der Waals surface area (Å²) in [5.74, 6) is 0. The van der Waals surface area contributed by atoms with Crippen molar-refractivity contribution in [3.05, 3.63) is 35.9 Å². The van der Waals surface area contributed by atoms with Gasteiger partial charge in [-0.2, -0.15) is 0 Å². The van der Waals surface area contributed by atoms with E-state index in [0.717, 1.165) is 12.0 Å². The highest BCUT2D eigenvalue weighted by atomic mass is 16.6. The summed E-state index contributed by atoms with van der Waals surface area (Å²) in [5.41, 5.74) is 6.77. The number of benzene rings is 1. The number of rotatable bonds is 2. The molecule has 0 aromatic heterocycles. The molecular weight excluding hydrogens is 244 g/mol. The minimum atomic E-state index is -0.535. The monoisotopic (exact) mass is 264 g/mol. The number of aliphatic hydroxyl groups excluding tert-OH is 1. The van der Waals surface area contributed by atoms with E-state index in [9.17, 15) is 9.90 Å². The van der Waals surface area contributed by atoms with Crippen LogP contribution in [-0.4, -0.2) is 41.3 Å². The van der Waals surface area contributed by atoms with E-state index < -0.39 is 12.1 Å². The molecule has 0 radical (unpaired) electrons. The number of hydrogen-bond donors (Lipinski definition) is 2. The molecule has 1 aliphatic heterocycles. The molecular formula is C14H20N2O3. The van der Waals surface area contributed by atoms with Crippen LogP contribution in [0.4, 0.5) is 4.79 Å². The molecule has 2 atom stereocenters. The average Bonchev–Trinajstić information content (AvgIpc) is 2.60. The Balaban J connectivity index is 1.85. The third-order valence-electron chi connectivity index (χ3n) is 3.32. The molecule has 3 N–H and O–H groups in total. The quantitative estimate of drug-likeness (QED) is 0.839. The molecule has 5 nitrogen and oxygen atoms in total. The molecule has 2 unspecified atom stereocenters. The van der Waals surface area contributed by atoms with Crippen LogP contribution < -0.4 is 5.73 Å². The van der Waals surface area contributed by atoms with Gasteiger partial charge in [-0.1, -0.05) is 30.3 Å². The zero-order chi connectivity index (χ0) is 13.7. The van der Waals surface area contributed by atoms with Gasteiger partial charge in [-0.15, -0.1) is 0 Å². The van der Waals surface area contributed by atoms with Crippen molar-refractivity contribution in [3.63, 3.8) is 0 Å². The Morgan fingerprint density at radius 2 is 2.16 bits per heavy atom. The van der Waals surface area contributed by atoms with E-state index in [1.165, 1.54) is 0 Å². The van der Waals surface area contributed by atoms with Crippen molar-refractivity contribution < 1.29 is 14.6 Å². The number of hydrogen-bond acceptors (Lipinski definition) is 4. The van der Waals surface area contributed by atoms with Crippen LogP contribution >= 0.6 is 0 Å². The van der Waals surface area contributed by atoms with Gasteiger partial charge < -0.3 is 20.5 Å². The minimum absolute atomic E-state index is 0.258. The maximum atomic E-state index is 11.9. The lowest BCUT2D eigenvalue weighted by Crippen LogP contribution is -2.44. The summed E-state index contributed by atoms with van der Waals surface area (Å²) >= 11 is 0. The maximum absolute atomic E-state index is 11.9. The van der Waals surface area contributed by atoms with E-state index in [2.05, 4.69) is 0 Å². The molecule has 104 valence electrons. The minimum Gasteiger partial charge on any atom is -0.445 e. The van der Waals surface area contributed by atoms with Crippen molar-refractivity contribution in [1.29, 1.82) is 0 Å². The van der Waals surface area contributed by atoms with Crippen molar-refractivity contribution in [1.82, 2.24) is 4.90 Å². The maximum Gasteiger partial charge on any atom is 0.410 e. The first-order valence-corrected chi connectivity index (χ1v) is 6.56. The van der Waals surface area contributed by atoms with Gasteiger partial charge in [-0.05, 0) is 18.4 Å². The van der Waals surface area contributed by atoms with Gasteiger partial charge in [0.25, 0.3) is 0 Å². The van der Waals surface area contributed by atoms with Gasteiger partial charge in [-0.25, -0.2) is 4.79 Å². The van der Waals surface area contributed by atoms with Crippen LogP contribution in [0.3, 0.4) is 0 Å². The fourth-order valence-electron chi connectivity index (χ4n) is 2.15. The molecule has 5 heteroatoms. The topological polar surface area (TPSA) is 75.8 Å². The van der Waals surface area contributed by atoms with Crippen LogP contribution in [0.5, 0.6) is 0 Å². The second-order valence-electron chi connectivity index (χ2n) is 4.86. The summed E-state index contributed by atoms with van der Waals surface area (Å²) in [6.45, 7) is 1.18. The number of nitrogens with two attached hydrogens (primary N) is 1. The lowest BCUT2D eigenvalue weighted by atomic mass is 10.1. The van der Waals surface area contributed by atoms with Crippen LogP contribution in [0.25, 0.3) is 0 Å². The number of amides is 1. The highest BCUT2D eigenvalue weighted by Gasteiger charge is 2.26. The predicted octanol–water partition coefficient (Wildman–Crippen LogP) is 1.11. The lowest BCUT2D eigenvalue weighted by molar-refractivity contribution is 0.0905.